The zero-order chi connectivity index (χ0) is 15.1. The quantitative estimate of drug-likeness (QED) is 0.748. The molecule has 2 aromatic rings. The van der Waals surface area contributed by atoms with Crippen molar-refractivity contribution in [2.75, 3.05) is 37.8 Å². The molecule has 0 spiro atoms. The van der Waals surface area contributed by atoms with Crippen LogP contribution in [0.3, 0.4) is 0 Å². The normalized spacial score (nSPS) is 10.7. The van der Waals surface area contributed by atoms with E-state index in [0.717, 1.165) is 35.5 Å². The van der Waals surface area contributed by atoms with E-state index in [9.17, 15) is 0 Å². The minimum absolute atomic E-state index is 0.478. The molecule has 2 rings (SSSR count). The van der Waals surface area contributed by atoms with Crippen LogP contribution in [0.2, 0.25) is 0 Å². The predicted molar refractivity (Wildman–Crippen MR) is 88.9 cm³/mol. The largest absolute Gasteiger partial charge is 0.369 e. The van der Waals surface area contributed by atoms with Crippen LogP contribution >= 0.6 is 15.9 Å². The minimum Gasteiger partial charge on any atom is -0.369 e. The lowest BCUT2D eigenvalue weighted by molar-refractivity contribution is 0.405. The molecule has 0 atom stereocenters. The number of halogens is 1. The van der Waals surface area contributed by atoms with E-state index in [1.54, 1.807) is 6.20 Å². The SMILES string of the molecule is CN(C)CCCNc1cnnc(Nc2cccc(Br)c2)n1. The third-order valence-corrected chi connectivity index (χ3v) is 3.22. The molecule has 6 nitrogen and oxygen atoms in total. The van der Waals surface area contributed by atoms with Crippen molar-refractivity contribution in [2.45, 2.75) is 6.42 Å². The summed E-state index contributed by atoms with van der Waals surface area (Å²) in [6.45, 7) is 1.89. The third-order valence-electron chi connectivity index (χ3n) is 2.73. The van der Waals surface area contributed by atoms with E-state index in [2.05, 4.69) is 60.7 Å². The van der Waals surface area contributed by atoms with Gasteiger partial charge in [0.15, 0.2) is 5.82 Å². The standard InChI is InChI=1S/C14H19BrN6/c1-21(2)8-4-7-16-13-10-17-20-14(19-13)18-12-6-3-5-11(15)9-12/h3,5-6,9-10H,4,7-8H2,1-2H3,(H2,16,18,19,20). The molecule has 0 aliphatic carbocycles. The molecule has 0 saturated carbocycles. The Morgan fingerprint density at radius 2 is 2.14 bits per heavy atom. The van der Waals surface area contributed by atoms with Crippen molar-refractivity contribution >= 4 is 33.4 Å². The first-order valence-corrected chi connectivity index (χ1v) is 7.54. The summed E-state index contributed by atoms with van der Waals surface area (Å²) in [5.41, 5.74) is 0.913. The zero-order valence-electron chi connectivity index (χ0n) is 12.2. The van der Waals surface area contributed by atoms with Gasteiger partial charge in [0.1, 0.15) is 0 Å². The van der Waals surface area contributed by atoms with E-state index in [1.165, 1.54) is 0 Å². The number of benzene rings is 1. The van der Waals surface area contributed by atoms with E-state index in [-0.39, 0.29) is 0 Å². The molecule has 7 heteroatoms. The van der Waals surface area contributed by atoms with Gasteiger partial charge in [-0.1, -0.05) is 22.0 Å². The van der Waals surface area contributed by atoms with Crippen LogP contribution in [0.4, 0.5) is 17.5 Å². The van der Waals surface area contributed by atoms with Crippen LogP contribution in [0.15, 0.2) is 34.9 Å². The van der Waals surface area contributed by atoms with Crippen LogP contribution in [-0.2, 0) is 0 Å². The van der Waals surface area contributed by atoms with Crippen molar-refractivity contribution in [3.05, 3.63) is 34.9 Å². The van der Waals surface area contributed by atoms with Gasteiger partial charge in [0.25, 0.3) is 0 Å². The van der Waals surface area contributed by atoms with Crippen molar-refractivity contribution in [3.63, 3.8) is 0 Å². The summed E-state index contributed by atoms with van der Waals surface area (Å²) in [6, 6.07) is 7.82. The molecule has 0 unspecified atom stereocenters. The molecule has 0 radical (unpaired) electrons. The highest BCUT2D eigenvalue weighted by Crippen LogP contribution is 2.18. The Balaban J connectivity index is 1.91. The predicted octanol–water partition coefficient (Wildman–Crippen LogP) is 2.74. The van der Waals surface area contributed by atoms with Crippen LogP contribution < -0.4 is 10.6 Å². The van der Waals surface area contributed by atoms with Gasteiger partial charge in [-0.2, -0.15) is 10.1 Å². The fourth-order valence-electron chi connectivity index (χ4n) is 1.75. The lowest BCUT2D eigenvalue weighted by Gasteiger charge is -2.10. The highest BCUT2D eigenvalue weighted by molar-refractivity contribution is 9.10. The highest BCUT2D eigenvalue weighted by Gasteiger charge is 2.01. The Labute approximate surface area is 133 Å². The lowest BCUT2D eigenvalue weighted by Crippen LogP contribution is -2.16. The molecule has 0 amide bonds. The summed E-state index contributed by atoms with van der Waals surface area (Å²) >= 11 is 3.43. The number of nitrogens with zero attached hydrogens (tertiary/aromatic N) is 4. The van der Waals surface area contributed by atoms with Gasteiger partial charge >= 0.3 is 0 Å². The van der Waals surface area contributed by atoms with E-state index in [0.29, 0.717) is 5.95 Å². The Kier molecular flexibility index (Phi) is 5.89. The van der Waals surface area contributed by atoms with Crippen LogP contribution in [0.1, 0.15) is 6.42 Å². The number of hydrogen-bond donors (Lipinski definition) is 2. The van der Waals surface area contributed by atoms with Gasteiger partial charge in [0.2, 0.25) is 5.95 Å². The maximum atomic E-state index is 4.39. The van der Waals surface area contributed by atoms with Crippen LogP contribution in [0.5, 0.6) is 0 Å². The number of nitrogens with one attached hydrogen (secondary N) is 2. The molecule has 0 bridgehead atoms. The monoisotopic (exact) mass is 350 g/mol. The second-order valence-electron chi connectivity index (χ2n) is 4.88. The zero-order valence-corrected chi connectivity index (χ0v) is 13.8. The molecule has 1 aromatic carbocycles. The molecule has 0 saturated heterocycles. The fourth-order valence-corrected chi connectivity index (χ4v) is 2.15. The summed E-state index contributed by atoms with van der Waals surface area (Å²) in [4.78, 5) is 6.54. The second-order valence-corrected chi connectivity index (χ2v) is 5.80. The molecule has 2 N–H and O–H groups in total. The van der Waals surface area contributed by atoms with Crippen molar-refractivity contribution in [3.8, 4) is 0 Å². The maximum absolute atomic E-state index is 4.39. The number of rotatable bonds is 7. The first kappa shape index (κ1) is 15.7. The Morgan fingerprint density at radius 3 is 2.90 bits per heavy atom. The van der Waals surface area contributed by atoms with Gasteiger partial charge in [-0.05, 0) is 45.3 Å². The van der Waals surface area contributed by atoms with E-state index in [1.807, 2.05) is 24.3 Å². The van der Waals surface area contributed by atoms with Gasteiger partial charge < -0.3 is 15.5 Å². The Hall–Kier alpha value is -1.73. The molecule has 1 aromatic heterocycles. The van der Waals surface area contributed by atoms with Gasteiger partial charge in [-0.3, -0.25) is 0 Å². The molecule has 21 heavy (non-hydrogen) atoms. The van der Waals surface area contributed by atoms with Crippen molar-refractivity contribution in [1.29, 1.82) is 0 Å². The smallest absolute Gasteiger partial charge is 0.249 e. The number of aromatic nitrogens is 3. The molecule has 112 valence electrons. The first-order chi connectivity index (χ1) is 10.1. The lowest BCUT2D eigenvalue weighted by atomic mass is 10.3. The Bertz CT molecular complexity index is 575. The van der Waals surface area contributed by atoms with Crippen LogP contribution in [-0.4, -0.2) is 47.3 Å². The van der Waals surface area contributed by atoms with Crippen molar-refractivity contribution in [1.82, 2.24) is 20.1 Å². The number of anilines is 3. The average molecular weight is 351 g/mol. The van der Waals surface area contributed by atoms with Crippen molar-refractivity contribution < 1.29 is 0 Å². The average Bonchev–Trinajstić information content (AvgIpc) is 2.44. The summed E-state index contributed by atoms with van der Waals surface area (Å²) in [5, 5.41) is 14.3. The molecule has 0 aliphatic heterocycles. The van der Waals surface area contributed by atoms with E-state index >= 15 is 0 Å². The summed E-state index contributed by atoms with van der Waals surface area (Å²) in [5.74, 6) is 1.20. The summed E-state index contributed by atoms with van der Waals surface area (Å²) < 4.78 is 0.999. The van der Waals surface area contributed by atoms with Crippen LogP contribution in [0, 0.1) is 0 Å². The minimum atomic E-state index is 0.478. The third kappa shape index (κ3) is 5.65. The van der Waals surface area contributed by atoms with Crippen LogP contribution in [0.25, 0.3) is 0 Å². The second kappa shape index (κ2) is 7.90. The molecular formula is C14H19BrN6. The van der Waals surface area contributed by atoms with E-state index in [4.69, 9.17) is 0 Å². The van der Waals surface area contributed by atoms with Gasteiger partial charge in [-0.25, -0.2) is 0 Å². The molecular weight excluding hydrogens is 332 g/mol. The fraction of sp³-hybridized carbons (Fsp3) is 0.357. The molecule has 0 fully saturated rings. The molecule has 1 heterocycles. The van der Waals surface area contributed by atoms with Gasteiger partial charge in [0.05, 0.1) is 6.20 Å². The first-order valence-electron chi connectivity index (χ1n) is 6.74. The van der Waals surface area contributed by atoms with E-state index < -0.39 is 0 Å². The summed E-state index contributed by atoms with van der Waals surface area (Å²) in [7, 11) is 4.12. The topological polar surface area (TPSA) is 66.0 Å². The summed E-state index contributed by atoms with van der Waals surface area (Å²) in [6.07, 6.45) is 2.67. The van der Waals surface area contributed by atoms with Gasteiger partial charge in [0, 0.05) is 16.7 Å². The maximum Gasteiger partial charge on any atom is 0.249 e. The molecule has 0 aliphatic rings. The highest BCUT2D eigenvalue weighted by atomic mass is 79.9. The number of hydrogen-bond acceptors (Lipinski definition) is 6. The van der Waals surface area contributed by atoms with Gasteiger partial charge in [-0.15, -0.1) is 5.10 Å². The Morgan fingerprint density at radius 1 is 1.29 bits per heavy atom. The van der Waals surface area contributed by atoms with Crippen molar-refractivity contribution in [2.24, 2.45) is 0 Å².